The van der Waals surface area contributed by atoms with Crippen LogP contribution in [0.2, 0.25) is 0 Å². The first-order valence-electron chi connectivity index (χ1n) is 13.9. The first kappa shape index (κ1) is 30.0. The van der Waals surface area contributed by atoms with Crippen LogP contribution >= 0.6 is 0 Å². The van der Waals surface area contributed by atoms with Gasteiger partial charge in [-0.1, -0.05) is 77.9 Å². The molecule has 1 aromatic heterocycles. The van der Waals surface area contributed by atoms with Gasteiger partial charge in [-0.2, -0.15) is 4.31 Å². The monoisotopic (exact) mass is 566 g/mol. The lowest BCUT2D eigenvalue weighted by Gasteiger charge is -2.23. The third-order valence-corrected chi connectivity index (χ3v) is 9.26. The Bertz CT molecular complexity index is 1450. The van der Waals surface area contributed by atoms with Crippen LogP contribution in [0.1, 0.15) is 70.4 Å². The van der Waals surface area contributed by atoms with E-state index in [2.05, 4.69) is 58.6 Å². The van der Waals surface area contributed by atoms with Crippen molar-refractivity contribution in [1.82, 2.24) is 9.21 Å². The highest BCUT2D eigenvalue weighted by Crippen LogP contribution is 2.26. The van der Waals surface area contributed by atoms with E-state index in [9.17, 15) is 13.2 Å². The molecule has 0 amide bonds. The molecule has 8 heteroatoms. The van der Waals surface area contributed by atoms with Crippen LogP contribution in [0.3, 0.4) is 0 Å². The zero-order chi connectivity index (χ0) is 29.1. The van der Waals surface area contributed by atoms with Gasteiger partial charge in [0, 0.05) is 25.7 Å². The SMILES string of the molecule is CC(C)(C)c1ccc(COc2coc(CN3CCCN(S(=O)(=O)c4ccc(C(C)(C)C)cc4)CC3)cc2=O)cc1. The van der Waals surface area contributed by atoms with Crippen molar-refractivity contribution >= 4 is 10.0 Å². The standard InChI is InChI=1S/C32H42N2O5S/c1-31(2,3)25-10-8-24(9-11-25)22-39-30-23-38-27(20-29(30)35)21-33-16-7-17-34(19-18-33)40(36,37)28-14-12-26(13-15-28)32(4,5)6/h8-15,20,23H,7,16-19,21-22H2,1-6H3. The van der Waals surface area contributed by atoms with Gasteiger partial charge < -0.3 is 9.15 Å². The van der Waals surface area contributed by atoms with Crippen LogP contribution in [0, 0.1) is 0 Å². The largest absolute Gasteiger partial charge is 0.482 e. The van der Waals surface area contributed by atoms with Crippen molar-refractivity contribution in [2.75, 3.05) is 26.2 Å². The zero-order valence-corrected chi connectivity index (χ0v) is 25.4. The molecule has 1 fully saturated rings. The van der Waals surface area contributed by atoms with Crippen LogP contribution in [0.5, 0.6) is 5.75 Å². The van der Waals surface area contributed by atoms with Gasteiger partial charge in [0.1, 0.15) is 18.6 Å². The number of benzene rings is 2. The molecule has 216 valence electrons. The number of hydrogen-bond acceptors (Lipinski definition) is 6. The summed E-state index contributed by atoms with van der Waals surface area (Å²) < 4.78 is 39.6. The van der Waals surface area contributed by atoms with Gasteiger partial charge in [-0.05, 0) is 52.6 Å². The quantitative estimate of drug-likeness (QED) is 0.365. The Hall–Kier alpha value is -2.94. The number of rotatable bonds is 7. The summed E-state index contributed by atoms with van der Waals surface area (Å²) in [7, 11) is -3.58. The van der Waals surface area contributed by atoms with E-state index in [1.165, 1.54) is 17.9 Å². The number of hydrogen-bond donors (Lipinski definition) is 0. The fourth-order valence-corrected chi connectivity index (χ4v) is 6.20. The average molecular weight is 567 g/mol. The summed E-state index contributed by atoms with van der Waals surface area (Å²) in [6, 6.07) is 16.9. The summed E-state index contributed by atoms with van der Waals surface area (Å²) in [6.45, 7) is 15.6. The molecule has 7 nitrogen and oxygen atoms in total. The van der Waals surface area contributed by atoms with Crippen molar-refractivity contribution < 1.29 is 17.6 Å². The van der Waals surface area contributed by atoms with E-state index >= 15 is 0 Å². The van der Waals surface area contributed by atoms with Gasteiger partial charge in [0.2, 0.25) is 21.2 Å². The van der Waals surface area contributed by atoms with Crippen molar-refractivity contribution in [3.05, 3.63) is 93.5 Å². The molecule has 2 heterocycles. The first-order chi connectivity index (χ1) is 18.7. The maximum atomic E-state index is 13.3. The maximum Gasteiger partial charge on any atom is 0.243 e. The summed E-state index contributed by atoms with van der Waals surface area (Å²) >= 11 is 0. The van der Waals surface area contributed by atoms with Crippen LogP contribution in [0.15, 0.2) is 75.0 Å². The van der Waals surface area contributed by atoms with E-state index in [-0.39, 0.29) is 28.6 Å². The van der Waals surface area contributed by atoms with Gasteiger partial charge in [-0.15, -0.1) is 0 Å². The highest BCUT2D eigenvalue weighted by molar-refractivity contribution is 7.89. The molecular weight excluding hydrogens is 524 g/mol. The highest BCUT2D eigenvalue weighted by Gasteiger charge is 2.27. The molecule has 1 saturated heterocycles. The van der Waals surface area contributed by atoms with E-state index in [1.807, 2.05) is 24.3 Å². The smallest absolute Gasteiger partial charge is 0.243 e. The molecule has 40 heavy (non-hydrogen) atoms. The maximum absolute atomic E-state index is 13.3. The summed E-state index contributed by atoms with van der Waals surface area (Å²) in [4.78, 5) is 15.1. The summed E-state index contributed by atoms with van der Waals surface area (Å²) in [5, 5.41) is 0. The topological polar surface area (TPSA) is 80.1 Å². The highest BCUT2D eigenvalue weighted by atomic mass is 32.2. The van der Waals surface area contributed by atoms with Crippen molar-refractivity contribution in [2.45, 2.75) is 76.8 Å². The van der Waals surface area contributed by atoms with Gasteiger partial charge in [-0.3, -0.25) is 9.69 Å². The Morgan fingerprint density at radius 2 is 1.43 bits per heavy atom. The number of sulfonamides is 1. The minimum absolute atomic E-state index is 0.0386. The minimum Gasteiger partial charge on any atom is -0.482 e. The first-order valence-corrected chi connectivity index (χ1v) is 15.3. The molecule has 0 saturated carbocycles. The Morgan fingerprint density at radius 1 is 0.825 bits per heavy atom. The van der Waals surface area contributed by atoms with Crippen LogP contribution in [-0.4, -0.2) is 43.8 Å². The van der Waals surface area contributed by atoms with Crippen LogP contribution in [0.4, 0.5) is 0 Å². The Kier molecular flexibility index (Phi) is 8.93. The molecule has 0 bridgehead atoms. The predicted octanol–water partition coefficient (Wildman–Crippen LogP) is 5.71. The molecule has 2 aromatic carbocycles. The lowest BCUT2D eigenvalue weighted by Crippen LogP contribution is -2.35. The Morgan fingerprint density at radius 3 is 2.00 bits per heavy atom. The Balaban J connectivity index is 1.33. The second-order valence-corrected chi connectivity index (χ2v) is 14.6. The second kappa shape index (κ2) is 11.9. The second-order valence-electron chi connectivity index (χ2n) is 12.6. The minimum atomic E-state index is -3.58. The molecule has 0 spiro atoms. The molecule has 0 atom stereocenters. The van der Waals surface area contributed by atoms with Crippen molar-refractivity contribution in [3.63, 3.8) is 0 Å². The molecular formula is C32H42N2O5S. The van der Waals surface area contributed by atoms with E-state index < -0.39 is 10.0 Å². The van der Waals surface area contributed by atoms with Crippen molar-refractivity contribution in [1.29, 1.82) is 0 Å². The van der Waals surface area contributed by atoms with E-state index in [4.69, 9.17) is 9.15 Å². The zero-order valence-electron chi connectivity index (χ0n) is 24.6. The van der Waals surface area contributed by atoms with E-state index in [1.54, 1.807) is 16.4 Å². The molecule has 1 aliphatic rings. The number of nitrogens with zero attached hydrogens (tertiary/aromatic N) is 2. The number of ether oxygens (including phenoxy) is 1. The summed E-state index contributed by atoms with van der Waals surface area (Å²) in [5.41, 5.74) is 3.12. The van der Waals surface area contributed by atoms with Crippen LogP contribution in [-0.2, 0) is 34.0 Å². The molecule has 0 N–H and O–H groups in total. The molecule has 3 aromatic rings. The van der Waals surface area contributed by atoms with Gasteiger partial charge in [0.15, 0.2) is 0 Å². The predicted molar refractivity (Wildman–Crippen MR) is 158 cm³/mol. The van der Waals surface area contributed by atoms with E-state index in [0.717, 1.165) is 11.1 Å². The van der Waals surface area contributed by atoms with Gasteiger partial charge in [0.25, 0.3) is 0 Å². The van der Waals surface area contributed by atoms with Gasteiger partial charge >= 0.3 is 0 Å². The van der Waals surface area contributed by atoms with E-state index in [0.29, 0.717) is 49.8 Å². The average Bonchev–Trinajstić information content (AvgIpc) is 3.14. The van der Waals surface area contributed by atoms with Crippen LogP contribution in [0.25, 0.3) is 0 Å². The normalized spacial score (nSPS) is 16.1. The van der Waals surface area contributed by atoms with Gasteiger partial charge in [0.05, 0.1) is 11.4 Å². The lowest BCUT2D eigenvalue weighted by molar-refractivity contribution is 0.245. The lowest BCUT2D eigenvalue weighted by atomic mass is 9.87. The van der Waals surface area contributed by atoms with Crippen LogP contribution < -0.4 is 10.2 Å². The van der Waals surface area contributed by atoms with Crippen molar-refractivity contribution in [3.8, 4) is 5.75 Å². The summed E-state index contributed by atoms with van der Waals surface area (Å²) in [6.07, 6.45) is 2.07. The Labute approximate surface area is 238 Å². The fourth-order valence-electron chi connectivity index (χ4n) is 4.73. The molecule has 4 rings (SSSR count). The fraction of sp³-hybridized carbons (Fsp3) is 0.469. The molecule has 0 radical (unpaired) electrons. The molecule has 1 aliphatic heterocycles. The third-order valence-electron chi connectivity index (χ3n) is 7.35. The summed E-state index contributed by atoms with van der Waals surface area (Å²) in [5.74, 6) is 0.704. The molecule has 0 unspecified atom stereocenters. The van der Waals surface area contributed by atoms with Gasteiger partial charge in [-0.25, -0.2) is 8.42 Å². The molecule has 0 aliphatic carbocycles. The third kappa shape index (κ3) is 7.42. The van der Waals surface area contributed by atoms with Crippen molar-refractivity contribution in [2.24, 2.45) is 0 Å².